The van der Waals surface area contributed by atoms with Crippen LogP contribution in [0.5, 0.6) is 5.75 Å². The number of alkyl halides is 3. The fourth-order valence-corrected chi connectivity index (χ4v) is 3.11. The Bertz CT molecular complexity index is 509. The summed E-state index contributed by atoms with van der Waals surface area (Å²) in [5.41, 5.74) is 0.944. The molecular weight excluding hydrogens is 364 g/mol. The van der Waals surface area contributed by atoms with Crippen molar-refractivity contribution >= 4 is 24.0 Å². The normalized spacial score (nSPS) is 17.2. The summed E-state index contributed by atoms with van der Waals surface area (Å²) < 4.78 is 41.0. The molecule has 24 heavy (non-hydrogen) atoms. The van der Waals surface area contributed by atoms with Crippen LogP contribution in [0.15, 0.2) is 18.2 Å². The van der Waals surface area contributed by atoms with Crippen molar-refractivity contribution in [1.29, 1.82) is 0 Å². The summed E-state index contributed by atoms with van der Waals surface area (Å²) in [4.78, 5) is 2.36. The van der Waals surface area contributed by atoms with Crippen LogP contribution in [0, 0.1) is 0 Å². The van der Waals surface area contributed by atoms with Gasteiger partial charge in [-0.2, -0.15) is 0 Å². The zero-order valence-electron chi connectivity index (χ0n) is 13.5. The Balaban J connectivity index is 0.00000288. The molecule has 1 aliphatic heterocycles. The molecule has 0 unspecified atom stereocenters. The number of unbranched alkanes of at least 4 members (excludes halogenated alkanes) is 1. The van der Waals surface area contributed by atoms with Crippen LogP contribution >= 0.6 is 24.0 Å². The van der Waals surface area contributed by atoms with Crippen LogP contribution in [0.4, 0.5) is 13.2 Å². The van der Waals surface area contributed by atoms with E-state index in [0.29, 0.717) is 0 Å². The average Bonchev–Trinajstić information content (AvgIpc) is 2.50. The molecule has 3 nitrogen and oxygen atoms in total. The molecule has 0 aromatic heterocycles. The predicted octanol–water partition coefficient (Wildman–Crippen LogP) is 4.80. The van der Waals surface area contributed by atoms with Crippen molar-refractivity contribution in [3.05, 3.63) is 28.8 Å². The molecule has 1 atom stereocenters. The highest BCUT2D eigenvalue weighted by molar-refractivity contribution is 6.32. The third-order valence-corrected chi connectivity index (χ3v) is 4.29. The van der Waals surface area contributed by atoms with E-state index in [-0.39, 0.29) is 29.2 Å². The summed E-state index contributed by atoms with van der Waals surface area (Å²) in [6.07, 6.45) is -1.63. The van der Waals surface area contributed by atoms with Gasteiger partial charge >= 0.3 is 6.36 Å². The van der Waals surface area contributed by atoms with E-state index < -0.39 is 6.36 Å². The van der Waals surface area contributed by atoms with Gasteiger partial charge in [0.05, 0.1) is 5.02 Å². The van der Waals surface area contributed by atoms with Gasteiger partial charge in [-0.05, 0) is 24.1 Å². The molecule has 138 valence electrons. The number of piperazine rings is 1. The molecule has 8 heteroatoms. The van der Waals surface area contributed by atoms with Crippen LogP contribution in [-0.2, 0) is 0 Å². The van der Waals surface area contributed by atoms with Crippen molar-refractivity contribution < 1.29 is 17.9 Å². The third kappa shape index (κ3) is 6.31. The van der Waals surface area contributed by atoms with Crippen LogP contribution in [0.25, 0.3) is 0 Å². The molecule has 1 saturated heterocycles. The molecule has 0 aliphatic carbocycles. The first-order chi connectivity index (χ1) is 10.9. The third-order valence-electron chi connectivity index (χ3n) is 3.99. The molecule has 1 fully saturated rings. The number of hydrogen-bond acceptors (Lipinski definition) is 3. The lowest BCUT2D eigenvalue weighted by Crippen LogP contribution is -2.45. The summed E-state index contributed by atoms with van der Waals surface area (Å²) in [5, 5.41) is 3.31. The molecule has 0 amide bonds. The van der Waals surface area contributed by atoms with Gasteiger partial charge in [0.1, 0.15) is 5.75 Å². The lowest BCUT2D eigenvalue weighted by molar-refractivity contribution is -0.274. The number of halogens is 5. The quantitative estimate of drug-likeness (QED) is 0.759. The average molecular weight is 387 g/mol. The minimum atomic E-state index is -4.73. The van der Waals surface area contributed by atoms with E-state index in [9.17, 15) is 13.2 Å². The first kappa shape index (κ1) is 21.4. The minimum absolute atomic E-state index is 0. The number of benzene rings is 1. The summed E-state index contributed by atoms with van der Waals surface area (Å²) in [6.45, 7) is 5.82. The largest absolute Gasteiger partial charge is 0.573 e. The Hall–Kier alpha value is -0.690. The number of nitrogens with zero attached hydrogens (tertiary/aromatic N) is 1. The smallest absolute Gasteiger partial charge is 0.404 e. The molecular formula is C16H23Cl2F3N2O. The van der Waals surface area contributed by atoms with Crippen LogP contribution in [0.1, 0.15) is 37.8 Å². The van der Waals surface area contributed by atoms with Gasteiger partial charge in [0.2, 0.25) is 0 Å². The summed E-state index contributed by atoms with van der Waals surface area (Å²) in [7, 11) is 0. The Morgan fingerprint density at radius 1 is 1.29 bits per heavy atom. The van der Waals surface area contributed by atoms with E-state index in [1.54, 1.807) is 12.1 Å². The second kappa shape index (κ2) is 9.70. The van der Waals surface area contributed by atoms with Crippen LogP contribution in [0.3, 0.4) is 0 Å². The van der Waals surface area contributed by atoms with Gasteiger partial charge in [0, 0.05) is 32.2 Å². The van der Waals surface area contributed by atoms with E-state index in [4.69, 9.17) is 11.6 Å². The fraction of sp³-hybridized carbons (Fsp3) is 0.625. The Labute approximate surface area is 151 Å². The maximum Gasteiger partial charge on any atom is 0.573 e. The van der Waals surface area contributed by atoms with Gasteiger partial charge in [-0.15, -0.1) is 25.6 Å². The Morgan fingerprint density at radius 3 is 2.50 bits per heavy atom. The second-order valence-electron chi connectivity index (χ2n) is 5.68. The predicted molar refractivity (Wildman–Crippen MR) is 92.1 cm³/mol. The van der Waals surface area contributed by atoms with Crippen molar-refractivity contribution in [3.8, 4) is 5.75 Å². The molecule has 2 rings (SSSR count). The summed E-state index contributed by atoms with van der Waals surface area (Å²) in [6, 6.07) is 4.78. The van der Waals surface area contributed by atoms with Gasteiger partial charge in [0.25, 0.3) is 0 Å². The standard InChI is InChI=1S/C16H22ClF3N2O.ClH/c1-2-3-4-14(22-9-7-21-8-10-22)12-5-6-15(13(17)11-12)23-16(18,19)20;/h5-6,11,14,21H,2-4,7-10H2,1H3;1H/t14-;/m0./s1. The van der Waals surface area contributed by atoms with Crippen LogP contribution in [-0.4, -0.2) is 37.4 Å². The molecule has 1 N–H and O–H groups in total. The first-order valence-corrected chi connectivity index (χ1v) is 8.28. The van der Waals surface area contributed by atoms with Crippen molar-refractivity contribution in [2.24, 2.45) is 0 Å². The van der Waals surface area contributed by atoms with Crippen molar-refractivity contribution in [2.45, 2.75) is 38.6 Å². The van der Waals surface area contributed by atoms with E-state index in [0.717, 1.165) is 51.0 Å². The lowest BCUT2D eigenvalue weighted by atomic mass is 9.98. The molecule has 1 aromatic rings. The molecule has 0 saturated carbocycles. The molecule has 1 heterocycles. The maximum atomic E-state index is 12.3. The number of ether oxygens (including phenoxy) is 1. The topological polar surface area (TPSA) is 24.5 Å². The highest BCUT2D eigenvalue weighted by Crippen LogP contribution is 2.35. The number of hydrogen-bond donors (Lipinski definition) is 1. The summed E-state index contributed by atoms with van der Waals surface area (Å²) in [5.74, 6) is -0.350. The highest BCUT2D eigenvalue weighted by atomic mass is 35.5. The zero-order valence-corrected chi connectivity index (χ0v) is 15.1. The Kier molecular flexibility index (Phi) is 8.63. The number of nitrogens with one attached hydrogen (secondary N) is 1. The van der Waals surface area contributed by atoms with E-state index in [2.05, 4.69) is 21.9 Å². The fourth-order valence-electron chi connectivity index (χ4n) is 2.88. The van der Waals surface area contributed by atoms with Crippen LogP contribution in [0.2, 0.25) is 5.02 Å². The maximum absolute atomic E-state index is 12.3. The minimum Gasteiger partial charge on any atom is -0.404 e. The summed E-state index contributed by atoms with van der Waals surface area (Å²) >= 11 is 6.00. The first-order valence-electron chi connectivity index (χ1n) is 7.90. The van der Waals surface area contributed by atoms with Gasteiger partial charge in [-0.1, -0.05) is 37.4 Å². The molecule has 0 bridgehead atoms. The van der Waals surface area contributed by atoms with Crippen molar-refractivity contribution in [2.75, 3.05) is 26.2 Å². The zero-order chi connectivity index (χ0) is 16.9. The second-order valence-corrected chi connectivity index (χ2v) is 6.09. The van der Waals surface area contributed by atoms with Gasteiger partial charge in [0.15, 0.2) is 0 Å². The van der Waals surface area contributed by atoms with Gasteiger partial charge in [-0.3, -0.25) is 4.90 Å². The molecule has 1 aromatic carbocycles. The van der Waals surface area contributed by atoms with E-state index >= 15 is 0 Å². The molecule has 1 aliphatic rings. The van der Waals surface area contributed by atoms with E-state index in [1.807, 2.05) is 0 Å². The molecule has 0 radical (unpaired) electrons. The van der Waals surface area contributed by atoms with Crippen LogP contribution < -0.4 is 10.1 Å². The lowest BCUT2D eigenvalue weighted by Gasteiger charge is -2.35. The highest BCUT2D eigenvalue weighted by Gasteiger charge is 2.32. The SMILES string of the molecule is CCCC[C@@H](c1ccc(OC(F)(F)F)c(Cl)c1)N1CCNCC1.Cl. The van der Waals surface area contributed by atoms with E-state index in [1.165, 1.54) is 6.07 Å². The molecule has 0 spiro atoms. The number of rotatable bonds is 6. The monoisotopic (exact) mass is 386 g/mol. The Morgan fingerprint density at radius 2 is 1.96 bits per heavy atom. The van der Waals surface area contributed by atoms with Crippen molar-refractivity contribution in [1.82, 2.24) is 10.2 Å². The van der Waals surface area contributed by atoms with Crippen molar-refractivity contribution in [3.63, 3.8) is 0 Å². The van der Waals surface area contributed by atoms with Gasteiger partial charge in [-0.25, -0.2) is 0 Å². The van der Waals surface area contributed by atoms with Gasteiger partial charge < -0.3 is 10.1 Å².